The zero-order valence-corrected chi connectivity index (χ0v) is 23.3. The van der Waals surface area contributed by atoms with E-state index in [0.29, 0.717) is 70.7 Å². The van der Waals surface area contributed by atoms with Crippen LogP contribution in [0.4, 0.5) is 11.6 Å². The second-order valence-corrected chi connectivity index (χ2v) is 10.4. The monoisotopic (exact) mass is 570 g/mol. The van der Waals surface area contributed by atoms with E-state index in [4.69, 9.17) is 27.8 Å². The van der Waals surface area contributed by atoms with Gasteiger partial charge >= 0.3 is 5.97 Å². The van der Waals surface area contributed by atoms with Crippen LogP contribution in [-0.2, 0) is 27.2 Å². The molecule has 2 amide bonds. The number of halogens is 1. The summed E-state index contributed by atoms with van der Waals surface area (Å²) in [5.74, 6) is -0.517. The van der Waals surface area contributed by atoms with Gasteiger partial charge in [-0.25, -0.2) is 9.97 Å². The zero-order valence-electron chi connectivity index (χ0n) is 22.5. The number of piperidine rings is 1. The van der Waals surface area contributed by atoms with Crippen molar-refractivity contribution in [3.8, 4) is 0 Å². The predicted molar refractivity (Wildman–Crippen MR) is 152 cm³/mol. The van der Waals surface area contributed by atoms with Gasteiger partial charge in [0, 0.05) is 25.9 Å². The number of guanidine groups is 1. The molecule has 2 aliphatic heterocycles. The summed E-state index contributed by atoms with van der Waals surface area (Å²) >= 11 is 5.87. The second kappa shape index (κ2) is 12.9. The molecule has 1 aromatic carbocycles. The highest BCUT2D eigenvalue weighted by molar-refractivity contribution is 6.31. The van der Waals surface area contributed by atoms with E-state index in [0.717, 1.165) is 17.5 Å². The van der Waals surface area contributed by atoms with Gasteiger partial charge < -0.3 is 26.4 Å². The van der Waals surface area contributed by atoms with Crippen molar-refractivity contribution in [3.05, 3.63) is 46.2 Å². The molecule has 2 aliphatic rings. The quantitative estimate of drug-likeness (QED) is 0.327. The predicted octanol–water partition coefficient (Wildman–Crippen LogP) is 1.86. The van der Waals surface area contributed by atoms with Gasteiger partial charge in [0.2, 0.25) is 5.91 Å². The average molecular weight is 571 g/mol. The van der Waals surface area contributed by atoms with Crippen LogP contribution in [0.3, 0.4) is 0 Å². The minimum Gasteiger partial charge on any atom is -0.466 e. The number of hydrogen-bond donors (Lipinski definition) is 4. The standard InChI is InChI=1S/C27H35ClN8O4/c1-2-15-40-20(38)10-8-18-5-3-17(4-6-18)7-9-19(37)36-13-11-27(12-14-36)16-31-26(35-27)34-25(39)21-23(29)33-24(30)22(28)32-21/h3-6H,2,7-16H2,1H3,(H4,29,30,33)(H2,31,34,35,39). The number of ether oxygens (including phenoxy) is 1. The van der Waals surface area contributed by atoms with Crippen LogP contribution in [-0.4, -0.2) is 70.4 Å². The van der Waals surface area contributed by atoms with Crippen molar-refractivity contribution in [2.45, 2.75) is 57.4 Å². The highest BCUT2D eigenvalue weighted by Gasteiger charge is 2.40. The topological polar surface area (TPSA) is 178 Å². The van der Waals surface area contributed by atoms with E-state index in [2.05, 4.69) is 25.6 Å². The summed E-state index contributed by atoms with van der Waals surface area (Å²) < 4.78 is 5.11. The first kappa shape index (κ1) is 29.1. The number of benzene rings is 1. The van der Waals surface area contributed by atoms with E-state index in [1.54, 1.807) is 0 Å². The number of amides is 2. The molecule has 0 aliphatic carbocycles. The Bertz CT molecular complexity index is 1280. The summed E-state index contributed by atoms with van der Waals surface area (Å²) in [4.78, 5) is 51.2. The minimum atomic E-state index is -0.592. The SMILES string of the molecule is CCCOC(=O)CCc1ccc(CCC(=O)N2CCC3(CC2)CN=C(NC(=O)c2nc(Cl)c(N)nc2N)N3)cc1. The Labute approximate surface area is 237 Å². The number of hydrogen-bond acceptors (Lipinski definition) is 10. The Kier molecular flexibility index (Phi) is 9.41. The van der Waals surface area contributed by atoms with Gasteiger partial charge in [0.1, 0.15) is 0 Å². The fraction of sp³-hybridized carbons (Fsp3) is 0.481. The Morgan fingerprint density at radius 3 is 2.35 bits per heavy atom. The van der Waals surface area contributed by atoms with Crippen LogP contribution in [0.5, 0.6) is 0 Å². The summed E-state index contributed by atoms with van der Waals surface area (Å²) in [7, 11) is 0. The van der Waals surface area contributed by atoms with Crippen LogP contribution in [0.15, 0.2) is 29.3 Å². The van der Waals surface area contributed by atoms with Crippen LogP contribution in [0.25, 0.3) is 0 Å². The smallest absolute Gasteiger partial charge is 0.306 e. The number of carbonyl (C=O) groups is 3. The molecule has 2 aromatic rings. The number of aliphatic imine (C=N–C) groups is 1. The van der Waals surface area contributed by atoms with Gasteiger partial charge in [-0.15, -0.1) is 0 Å². The Morgan fingerprint density at radius 1 is 1.05 bits per heavy atom. The second-order valence-electron chi connectivity index (χ2n) is 10.1. The van der Waals surface area contributed by atoms with E-state index >= 15 is 0 Å². The normalized spacial score (nSPS) is 15.8. The van der Waals surface area contributed by atoms with Gasteiger partial charge in [-0.1, -0.05) is 42.8 Å². The molecular weight excluding hydrogens is 536 g/mol. The van der Waals surface area contributed by atoms with E-state index in [1.807, 2.05) is 36.1 Å². The van der Waals surface area contributed by atoms with Crippen molar-refractivity contribution in [1.82, 2.24) is 25.5 Å². The first-order valence-electron chi connectivity index (χ1n) is 13.4. The number of carbonyl (C=O) groups excluding carboxylic acids is 3. The number of nitrogens with zero attached hydrogens (tertiary/aromatic N) is 4. The third-order valence-electron chi connectivity index (χ3n) is 7.08. The highest BCUT2D eigenvalue weighted by Crippen LogP contribution is 2.26. The van der Waals surface area contributed by atoms with Crippen LogP contribution < -0.4 is 22.1 Å². The van der Waals surface area contributed by atoms with E-state index in [-0.39, 0.29) is 39.9 Å². The van der Waals surface area contributed by atoms with E-state index < -0.39 is 5.91 Å². The molecule has 0 bridgehead atoms. The lowest BCUT2D eigenvalue weighted by Crippen LogP contribution is -2.57. The lowest BCUT2D eigenvalue weighted by atomic mass is 9.88. The number of esters is 1. The molecule has 12 nitrogen and oxygen atoms in total. The fourth-order valence-electron chi connectivity index (χ4n) is 4.69. The lowest BCUT2D eigenvalue weighted by Gasteiger charge is -2.39. The Hall–Kier alpha value is -3.93. The summed E-state index contributed by atoms with van der Waals surface area (Å²) in [6, 6.07) is 8.03. The lowest BCUT2D eigenvalue weighted by molar-refractivity contribution is -0.143. The first-order valence-corrected chi connectivity index (χ1v) is 13.8. The molecular formula is C27H35ClN8O4. The summed E-state index contributed by atoms with van der Waals surface area (Å²) in [5, 5.41) is 5.87. The van der Waals surface area contributed by atoms with Crippen molar-refractivity contribution in [2.75, 3.05) is 37.7 Å². The van der Waals surface area contributed by atoms with E-state index in [9.17, 15) is 14.4 Å². The van der Waals surface area contributed by atoms with Gasteiger partial charge in [0.15, 0.2) is 28.4 Å². The van der Waals surface area contributed by atoms with Crippen molar-refractivity contribution in [2.24, 2.45) is 4.99 Å². The molecule has 6 N–H and O–H groups in total. The fourth-order valence-corrected chi connectivity index (χ4v) is 4.82. The molecule has 0 unspecified atom stereocenters. The molecule has 1 aromatic heterocycles. The van der Waals surface area contributed by atoms with Crippen molar-refractivity contribution >= 4 is 47.0 Å². The van der Waals surface area contributed by atoms with Gasteiger partial charge in [-0.05, 0) is 43.2 Å². The van der Waals surface area contributed by atoms with Crippen LogP contribution >= 0.6 is 11.6 Å². The Morgan fingerprint density at radius 2 is 1.70 bits per heavy atom. The number of nitrogens with two attached hydrogens (primary N) is 2. The molecule has 214 valence electrons. The van der Waals surface area contributed by atoms with Crippen LogP contribution in [0.1, 0.15) is 60.6 Å². The maximum absolute atomic E-state index is 12.9. The number of nitrogen functional groups attached to an aromatic ring is 2. The molecule has 1 saturated heterocycles. The van der Waals surface area contributed by atoms with Gasteiger partial charge in [0.25, 0.3) is 5.91 Å². The van der Waals surface area contributed by atoms with Gasteiger partial charge in [0.05, 0.1) is 18.7 Å². The largest absolute Gasteiger partial charge is 0.466 e. The third-order valence-corrected chi connectivity index (χ3v) is 7.36. The van der Waals surface area contributed by atoms with Gasteiger partial charge in [-0.3, -0.25) is 24.7 Å². The molecule has 40 heavy (non-hydrogen) atoms. The number of nitrogens with one attached hydrogen (secondary N) is 2. The molecule has 1 spiro atoms. The van der Waals surface area contributed by atoms with E-state index in [1.165, 1.54) is 0 Å². The van der Waals surface area contributed by atoms with Crippen molar-refractivity contribution in [3.63, 3.8) is 0 Å². The molecule has 0 saturated carbocycles. The zero-order chi connectivity index (χ0) is 28.7. The molecule has 4 rings (SSSR count). The maximum atomic E-state index is 12.9. The molecule has 0 atom stereocenters. The number of aromatic nitrogens is 2. The summed E-state index contributed by atoms with van der Waals surface area (Å²) in [6.45, 7) is 4.11. The average Bonchev–Trinajstić information content (AvgIpc) is 3.33. The highest BCUT2D eigenvalue weighted by atomic mass is 35.5. The number of aryl methyl sites for hydroxylation is 2. The number of anilines is 2. The van der Waals surface area contributed by atoms with Crippen LogP contribution in [0.2, 0.25) is 5.15 Å². The molecule has 13 heteroatoms. The van der Waals surface area contributed by atoms with Crippen molar-refractivity contribution in [1.29, 1.82) is 0 Å². The minimum absolute atomic E-state index is 0.0524. The first-order chi connectivity index (χ1) is 19.2. The maximum Gasteiger partial charge on any atom is 0.306 e. The third kappa shape index (κ3) is 7.38. The summed E-state index contributed by atoms with van der Waals surface area (Å²) in [6.07, 6.45) is 4.30. The number of likely N-dealkylation sites (tertiary alicyclic amines) is 1. The summed E-state index contributed by atoms with van der Waals surface area (Å²) in [5.41, 5.74) is 13.0. The Balaban J connectivity index is 1.19. The number of rotatable bonds is 9. The van der Waals surface area contributed by atoms with Crippen molar-refractivity contribution < 1.29 is 19.1 Å². The molecule has 0 radical (unpaired) electrons. The van der Waals surface area contributed by atoms with Crippen LogP contribution in [0, 0.1) is 0 Å². The van der Waals surface area contributed by atoms with Gasteiger partial charge in [-0.2, -0.15) is 0 Å². The molecule has 1 fully saturated rings. The molecule has 3 heterocycles.